The van der Waals surface area contributed by atoms with Gasteiger partial charge in [0, 0.05) is 11.1 Å². The van der Waals surface area contributed by atoms with E-state index in [2.05, 4.69) is 15.9 Å². The van der Waals surface area contributed by atoms with Gasteiger partial charge in [-0.05, 0) is 12.1 Å². The summed E-state index contributed by atoms with van der Waals surface area (Å²) in [6.07, 6.45) is -4.18. The number of hydrogen-bond acceptors (Lipinski definition) is 3. The van der Waals surface area contributed by atoms with Gasteiger partial charge in [-0.2, -0.15) is 13.2 Å². The number of rotatable bonds is 2. The van der Waals surface area contributed by atoms with Crippen LogP contribution in [0.5, 0.6) is 11.5 Å². The molecule has 0 amide bonds. The zero-order valence-corrected chi connectivity index (χ0v) is 11.8. The third-order valence-electron chi connectivity index (χ3n) is 2.41. The van der Waals surface area contributed by atoms with Crippen molar-refractivity contribution >= 4 is 11.6 Å². The van der Waals surface area contributed by atoms with E-state index in [4.69, 9.17) is 16.3 Å². The first-order valence-corrected chi connectivity index (χ1v) is 6.17. The summed E-state index contributed by atoms with van der Waals surface area (Å²) in [6, 6.07) is 6.65. The number of alkyl halides is 3. The van der Waals surface area contributed by atoms with Gasteiger partial charge in [-0.15, -0.1) is 0 Å². The molecule has 0 aliphatic carbocycles. The number of nitrogens with zero attached hydrogens (tertiary/aromatic N) is 2. The van der Waals surface area contributed by atoms with E-state index < -0.39 is 23.2 Å². The quantitative estimate of drug-likeness (QED) is 0.916. The minimum atomic E-state index is -4.83. The number of nitrogens with one attached hydrogen (secondary N) is 1. The average molecular weight is 331 g/mol. The Bertz CT molecular complexity index is 822. The van der Waals surface area contributed by atoms with Gasteiger partial charge in [-0.1, -0.05) is 16.4 Å². The van der Waals surface area contributed by atoms with Crippen molar-refractivity contribution in [3.8, 4) is 17.6 Å². The zero-order chi connectivity index (χ0) is 16.3. The lowest BCUT2D eigenvalue weighted by molar-refractivity contribution is -0.142. The Morgan fingerprint density at radius 3 is 2.73 bits per heavy atom. The number of aromatic amines is 1. The predicted octanol–water partition coefficient (Wildman–Crippen LogP) is 3.55. The van der Waals surface area contributed by atoms with Gasteiger partial charge in [-0.25, -0.2) is 4.98 Å². The van der Waals surface area contributed by atoms with Crippen molar-refractivity contribution in [2.45, 2.75) is 6.18 Å². The molecule has 2 aromatic rings. The van der Waals surface area contributed by atoms with Gasteiger partial charge in [0.1, 0.15) is 11.3 Å². The van der Waals surface area contributed by atoms with Crippen molar-refractivity contribution in [2.75, 3.05) is 7.05 Å². The molecule has 1 aromatic carbocycles. The van der Waals surface area contributed by atoms with E-state index in [0.29, 0.717) is 11.9 Å². The Morgan fingerprint density at radius 2 is 2.09 bits per heavy atom. The summed E-state index contributed by atoms with van der Waals surface area (Å²) in [5.74, 6) is -1.03. The average Bonchev–Trinajstić information content (AvgIpc) is 2.39. The molecule has 0 saturated heterocycles. The predicted molar refractivity (Wildman–Crippen MR) is 73.7 cm³/mol. The molecule has 9 heteroatoms. The van der Waals surface area contributed by atoms with Crippen LogP contribution < -0.4 is 10.3 Å². The molecule has 0 saturated carbocycles. The normalized spacial score (nSPS) is 10.8. The molecule has 0 unspecified atom stereocenters. The molecular weight excluding hydrogens is 323 g/mol. The molecule has 2 rings (SSSR count). The molecule has 22 heavy (non-hydrogen) atoms. The van der Waals surface area contributed by atoms with Crippen LogP contribution in [0.15, 0.2) is 29.3 Å². The van der Waals surface area contributed by atoms with Crippen molar-refractivity contribution in [1.29, 1.82) is 0 Å². The summed E-state index contributed by atoms with van der Waals surface area (Å²) in [5, 5.41) is 0.192. The second kappa shape index (κ2) is 6.07. The maximum Gasteiger partial charge on any atom is 0.437 e. The van der Waals surface area contributed by atoms with Gasteiger partial charge in [0.05, 0.1) is 6.33 Å². The number of hydrogen-bond donors (Lipinski definition) is 1. The van der Waals surface area contributed by atoms with Crippen molar-refractivity contribution in [1.82, 2.24) is 9.97 Å². The lowest BCUT2D eigenvalue weighted by atomic mass is 10.2. The SMILES string of the molecule is C[N+]#Cc1cc(Cl)cc(Oc2c(C(F)(F)F)nc[nH]c2=O)c1. The number of benzene rings is 1. The number of halogens is 4. The minimum absolute atomic E-state index is 0.0670. The summed E-state index contributed by atoms with van der Waals surface area (Å²) in [5.41, 5.74) is -2.10. The van der Waals surface area contributed by atoms with E-state index in [1.165, 1.54) is 25.2 Å². The maximum absolute atomic E-state index is 12.9. The lowest BCUT2D eigenvalue weighted by Gasteiger charge is -2.11. The van der Waals surface area contributed by atoms with Crippen LogP contribution in [0.1, 0.15) is 11.3 Å². The Balaban J connectivity index is 2.52. The lowest BCUT2D eigenvalue weighted by Crippen LogP contribution is -2.18. The molecule has 1 aromatic heterocycles. The van der Waals surface area contributed by atoms with Crippen LogP contribution in [0, 0.1) is 6.07 Å². The van der Waals surface area contributed by atoms with E-state index in [-0.39, 0.29) is 10.8 Å². The van der Waals surface area contributed by atoms with Gasteiger partial charge < -0.3 is 9.72 Å². The van der Waals surface area contributed by atoms with Crippen LogP contribution in [-0.4, -0.2) is 17.0 Å². The highest BCUT2D eigenvalue weighted by atomic mass is 35.5. The third kappa shape index (κ3) is 3.56. The standard InChI is InChI=1S/C13H7ClF3N3O2/c1-18-5-7-2-8(14)4-9(3-7)22-10-11(13(15,16)17)19-6-20-12(10)21/h2-4,6H,1H3/p+1. The number of H-pyrrole nitrogens is 1. The first-order valence-electron chi connectivity index (χ1n) is 5.79. The summed E-state index contributed by atoms with van der Waals surface area (Å²) >= 11 is 5.84. The summed E-state index contributed by atoms with van der Waals surface area (Å²) in [4.78, 5) is 20.4. The van der Waals surface area contributed by atoms with Crippen molar-refractivity contribution in [3.63, 3.8) is 0 Å². The van der Waals surface area contributed by atoms with Crippen molar-refractivity contribution in [2.24, 2.45) is 0 Å². The molecule has 0 atom stereocenters. The highest BCUT2D eigenvalue weighted by Crippen LogP contribution is 2.34. The van der Waals surface area contributed by atoms with E-state index >= 15 is 0 Å². The van der Waals surface area contributed by atoms with Gasteiger partial charge in [-0.3, -0.25) is 4.79 Å². The van der Waals surface area contributed by atoms with Crippen LogP contribution in [0.3, 0.4) is 0 Å². The molecule has 1 heterocycles. The van der Waals surface area contributed by atoms with Crippen LogP contribution in [-0.2, 0) is 6.18 Å². The van der Waals surface area contributed by atoms with Crippen LogP contribution in [0.25, 0.3) is 4.85 Å². The maximum atomic E-state index is 12.9. The largest absolute Gasteiger partial charge is 0.449 e. The van der Waals surface area contributed by atoms with Crippen LogP contribution in [0.4, 0.5) is 13.2 Å². The number of aromatic nitrogens is 2. The fourth-order valence-electron chi connectivity index (χ4n) is 1.62. The number of ether oxygens (including phenoxy) is 1. The molecule has 0 spiro atoms. The smallest absolute Gasteiger partial charge is 0.437 e. The van der Waals surface area contributed by atoms with Gasteiger partial charge >= 0.3 is 12.2 Å². The molecule has 0 aliphatic rings. The molecule has 1 N–H and O–H groups in total. The van der Waals surface area contributed by atoms with Crippen molar-refractivity contribution < 1.29 is 17.9 Å². The summed E-state index contributed by atoms with van der Waals surface area (Å²) in [7, 11) is 1.47. The Hall–Kier alpha value is -2.53. The molecule has 0 fully saturated rings. The summed E-state index contributed by atoms with van der Waals surface area (Å²) in [6.45, 7) is 0. The Kier molecular flexibility index (Phi) is 4.37. The van der Waals surface area contributed by atoms with Crippen molar-refractivity contribution in [3.05, 3.63) is 56.0 Å². The zero-order valence-electron chi connectivity index (χ0n) is 11.0. The fourth-order valence-corrected chi connectivity index (χ4v) is 1.84. The van der Waals surface area contributed by atoms with E-state index in [1.54, 1.807) is 0 Å². The first kappa shape index (κ1) is 15.9. The molecule has 0 bridgehead atoms. The van der Waals surface area contributed by atoms with Gasteiger partial charge in [0.2, 0.25) is 5.75 Å². The third-order valence-corrected chi connectivity index (χ3v) is 2.63. The first-order chi connectivity index (χ1) is 10.3. The second-order valence-corrected chi connectivity index (χ2v) is 4.46. The monoisotopic (exact) mass is 330 g/mol. The topological polar surface area (TPSA) is 59.3 Å². The van der Waals surface area contributed by atoms with Gasteiger partial charge in [0.25, 0.3) is 12.6 Å². The Labute approximate surface area is 127 Å². The van der Waals surface area contributed by atoms with Gasteiger partial charge in [0.15, 0.2) is 5.69 Å². The molecule has 114 valence electrons. The molecule has 0 radical (unpaired) electrons. The second-order valence-electron chi connectivity index (χ2n) is 4.02. The molecule has 0 aliphatic heterocycles. The highest BCUT2D eigenvalue weighted by molar-refractivity contribution is 6.30. The van der Waals surface area contributed by atoms with Crippen LogP contribution in [0.2, 0.25) is 5.02 Å². The van der Waals surface area contributed by atoms with E-state index in [0.717, 1.165) is 0 Å². The van der Waals surface area contributed by atoms with E-state index in [1.807, 2.05) is 4.98 Å². The fraction of sp³-hybridized carbons (Fsp3) is 0.154. The Morgan fingerprint density at radius 1 is 1.36 bits per heavy atom. The minimum Gasteiger partial charge on any atom is -0.449 e. The summed E-state index contributed by atoms with van der Waals surface area (Å²) < 4.78 is 43.6. The molecule has 5 nitrogen and oxygen atoms in total. The van der Waals surface area contributed by atoms with Crippen LogP contribution >= 0.6 is 11.6 Å². The highest BCUT2D eigenvalue weighted by Gasteiger charge is 2.38. The van der Waals surface area contributed by atoms with E-state index in [9.17, 15) is 18.0 Å². The molecular formula is C13H8ClF3N3O2+.